The molecule has 0 spiro atoms. The first kappa shape index (κ1) is 23.8. The molecule has 0 atom stereocenters. The maximum atomic E-state index is 12.7. The number of anilines is 1. The van der Waals surface area contributed by atoms with E-state index in [0.29, 0.717) is 10.6 Å². The van der Waals surface area contributed by atoms with Crippen LogP contribution in [0.25, 0.3) is 11.4 Å². The van der Waals surface area contributed by atoms with E-state index in [4.69, 9.17) is 18.0 Å². The number of aryl methyl sites for hydroxylation is 1. The monoisotopic (exact) mass is 478 g/mol. The van der Waals surface area contributed by atoms with Crippen molar-refractivity contribution >= 4 is 29.7 Å². The molecule has 2 aromatic carbocycles. The summed E-state index contributed by atoms with van der Waals surface area (Å²) in [5.74, 6) is 0.304. The van der Waals surface area contributed by atoms with Crippen LogP contribution in [0, 0.1) is 17.6 Å². The fourth-order valence-electron chi connectivity index (χ4n) is 4.30. The molecular formula is C25H30N6O2S. The number of nitrogens with two attached hydrogens (primary N) is 1. The highest BCUT2D eigenvalue weighted by Gasteiger charge is 2.22. The Bertz CT molecular complexity index is 1210. The summed E-state index contributed by atoms with van der Waals surface area (Å²) in [6, 6.07) is 15.8. The molecule has 0 unspecified atom stereocenters. The van der Waals surface area contributed by atoms with Crippen molar-refractivity contribution in [2.45, 2.75) is 32.7 Å². The van der Waals surface area contributed by atoms with Crippen molar-refractivity contribution in [1.29, 1.82) is 0 Å². The summed E-state index contributed by atoms with van der Waals surface area (Å²) in [5.41, 5.74) is 9.37. The van der Waals surface area contributed by atoms with Crippen molar-refractivity contribution in [2.75, 3.05) is 25.0 Å². The van der Waals surface area contributed by atoms with E-state index in [9.17, 15) is 9.59 Å². The molecule has 9 heteroatoms. The molecule has 178 valence electrons. The van der Waals surface area contributed by atoms with E-state index in [1.807, 2.05) is 55.5 Å². The summed E-state index contributed by atoms with van der Waals surface area (Å²) in [6.07, 6.45) is 2.60. The van der Waals surface area contributed by atoms with Gasteiger partial charge in [-0.1, -0.05) is 35.9 Å². The molecule has 4 rings (SSSR count). The van der Waals surface area contributed by atoms with E-state index in [0.717, 1.165) is 55.7 Å². The van der Waals surface area contributed by atoms with E-state index in [-0.39, 0.29) is 24.3 Å². The predicted molar refractivity (Wildman–Crippen MR) is 135 cm³/mol. The Morgan fingerprint density at radius 3 is 2.59 bits per heavy atom. The van der Waals surface area contributed by atoms with E-state index in [2.05, 4.69) is 20.4 Å². The minimum absolute atomic E-state index is 0.0176. The van der Waals surface area contributed by atoms with Crippen LogP contribution < -0.4 is 11.1 Å². The summed E-state index contributed by atoms with van der Waals surface area (Å²) in [6.45, 7) is 4.84. The molecule has 0 bridgehead atoms. The quantitative estimate of drug-likeness (QED) is 0.431. The van der Waals surface area contributed by atoms with Crippen LogP contribution in [-0.4, -0.2) is 51.1 Å². The Hall–Kier alpha value is -3.30. The highest BCUT2D eigenvalue weighted by Crippen LogP contribution is 2.20. The van der Waals surface area contributed by atoms with Gasteiger partial charge in [0.15, 0.2) is 10.6 Å². The Morgan fingerprint density at radius 1 is 1.18 bits per heavy atom. The third-order valence-corrected chi connectivity index (χ3v) is 6.59. The average Bonchev–Trinajstić information content (AvgIpc) is 3.18. The molecule has 0 radical (unpaired) electrons. The van der Waals surface area contributed by atoms with E-state index in [1.54, 1.807) is 4.57 Å². The molecule has 2 heterocycles. The van der Waals surface area contributed by atoms with Crippen molar-refractivity contribution in [1.82, 2.24) is 19.7 Å². The number of primary amides is 1. The number of nitrogens with zero attached hydrogens (tertiary/aromatic N) is 3. The lowest BCUT2D eigenvalue weighted by atomic mass is 9.96. The fourth-order valence-corrected chi connectivity index (χ4v) is 4.49. The van der Waals surface area contributed by atoms with Gasteiger partial charge >= 0.3 is 0 Å². The first-order chi connectivity index (χ1) is 16.4. The third kappa shape index (κ3) is 5.98. The normalized spacial score (nSPS) is 14.7. The van der Waals surface area contributed by atoms with Gasteiger partial charge in [0.1, 0.15) is 6.54 Å². The summed E-state index contributed by atoms with van der Waals surface area (Å²) >= 11 is 5.35. The third-order valence-electron chi connectivity index (χ3n) is 6.28. The van der Waals surface area contributed by atoms with Crippen LogP contribution in [0.2, 0.25) is 0 Å². The Labute approximate surface area is 204 Å². The van der Waals surface area contributed by atoms with Crippen molar-refractivity contribution in [3.05, 3.63) is 64.4 Å². The second-order valence-electron chi connectivity index (χ2n) is 8.82. The molecule has 8 nitrogen and oxygen atoms in total. The summed E-state index contributed by atoms with van der Waals surface area (Å²) in [5, 5.41) is 10.0. The number of H-pyrrole nitrogens is 1. The lowest BCUT2D eigenvalue weighted by molar-refractivity contribution is -0.123. The molecule has 1 aliphatic rings. The van der Waals surface area contributed by atoms with Gasteiger partial charge in [-0.2, -0.15) is 5.10 Å². The van der Waals surface area contributed by atoms with Crippen LogP contribution in [0.15, 0.2) is 48.5 Å². The van der Waals surface area contributed by atoms with Gasteiger partial charge in [-0.25, -0.2) is 0 Å². The van der Waals surface area contributed by atoms with Crippen molar-refractivity contribution in [2.24, 2.45) is 11.7 Å². The summed E-state index contributed by atoms with van der Waals surface area (Å²) < 4.78 is 2.11. The van der Waals surface area contributed by atoms with Gasteiger partial charge in [0, 0.05) is 23.7 Å². The maximum Gasteiger partial charge on any atom is 0.244 e. The number of likely N-dealkylation sites (tertiary alicyclic amines) is 1. The van der Waals surface area contributed by atoms with Gasteiger partial charge in [-0.15, -0.1) is 0 Å². The number of hydrogen-bond donors (Lipinski definition) is 3. The molecule has 0 saturated carbocycles. The number of nitrogens with one attached hydrogen (secondary N) is 2. The summed E-state index contributed by atoms with van der Waals surface area (Å²) in [7, 11) is 0. The van der Waals surface area contributed by atoms with E-state index >= 15 is 0 Å². The number of aromatic amines is 1. The molecular weight excluding hydrogens is 448 g/mol. The van der Waals surface area contributed by atoms with Gasteiger partial charge < -0.3 is 16.0 Å². The van der Waals surface area contributed by atoms with Gasteiger partial charge in [0.05, 0.1) is 0 Å². The zero-order valence-corrected chi connectivity index (χ0v) is 20.1. The first-order valence-corrected chi connectivity index (χ1v) is 11.9. The maximum absolute atomic E-state index is 12.7. The first-order valence-electron chi connectivity index (χ1n) is 11.5. The average molecular weight is 479 g/mol. The van der Waals surface area contributed by atoms with Crippen LogP contribution in [0.5, 0.6) is 0 Å². The van der Waals surface area contributed by atoms with Crippen LogP contribution in [-0.2, 0) is 22.6 Å². The Morgan fingerprint density at radius 2 is 1.91 bits per heavy atom. The molecule has 1 aromatic heterocycles. The molecule has 1 aliphatic heterocycles. The second kappa shape index (κ2) is 10.8. The van der Waals surface area contributed by atoms with Crippen LogP contribution in [0.1, 0.15) is 24.0 Å². The molecule has 2 amide bonds. The number of amides is 2. The minimum atomic E-state index is -0.182. The molecule has 3 aromatic rings. The lowest BCUT2D eigenvalue weighted by Crippen LogP contribution is -2.39. The van der Waals surface area contributed by atoms with Gasteiger partial charge in [0.2, 0.25) is 11.8 Å². The van der Waals surface area contributed by atoms with E-state index in [1.165, 1.54) is 5.56 Å². The molecule has 34 heavy (non-hydrogen) atoms. The van der Waals surface area contributed by atoms with Gasteiger partial charge in [0.25, 0.3) is 0 Å². The number of rotatable bonds is 8. The number of hydrogen-bond acceptors (Lipinski definition) is 5. The highest BCUT2D eigenvalue weighted by molar-refractivity contribution is 7.71. The number of carbonyl (C=O) groups is 2. The Balaban J connectivity index is 1.31. The molecule has 1 saturated heterocycles. The lowest BCUT2D eigenvalue weighted by Gasteiger charge is -2.30. The van der Waals surface area contributed by atoms with Gasteiger partial charge in [-0.3, -0.25) is 19.3 Å². The van der Waals surface area contributed by atoms with Crippen molar-refractivity contribution in [3.8, 4) is 11.4 Å². The highest BCUT2D eigenvalue weighted by atomic mass is 32.1. The predicted octanol–water partition coefficient (Wildman–Crippen LogP) is 3.29. The van der Waals surface area contributed by atoms with Crippen molar-refractivity contribution < 1.29 is 9.59 Å². The van der Waals surface area contributed by atoms with Crippen LogP contribution in [0.4, 0.5) is 5.69 Å². The standard InChI is InChI=1S/C25H30N6O2S/c1-17-3-2-4-20(15-17)24-28-29-25(34)31(24)16-22(32)27-21-7-5-18(6-8-21)9-12-30-13-10-19(11-14-30)23(26)33/h2-8,15,19H,9-14,16H2,1H3,(H2,26,33)(H,27,32)(H,29,34). The number of benzene rings is 2. The SMILES string of the molecule is Cc1cccc(-c2n[nH]c(=S)n2CC(=O)Nc2ccc(CCN3CCC(C(N)=O)CC3)cc2)c1. The minimum Gasteiger partial charge on any atom is -0.369 e. The number of aromatic nitrogens is 3. The van der Waals surface area contributed by atoms with Crippen LogP contribution >= 0.6 is 12.2 Å². The Kier molecular flexibility index (Phi) is 7.54. The molecule has 1 fully saturated rings. The van der Waals surface area contributed by atoms with Gasteiger partial charge in [-0.05, 0) is 75.3 Å². The van der Waals surface area contributed by atoms with Crippen molar-refractivity contribution in [3.63, 3.8) is 0 Å². The molecule has 4 N–H and O–H groups in total. The van der Waals surface area contributed by atoms with Crippen LogP contribution in [0.3, 0.4) is 0 Å². The smallest absolute Gasteiger partial charge is 0.244 e. The number of piperidine rings is 1. The summed E-state index contributed by atoms with van der Waals surface area (Å²) in [4.78, 5) is 26.4. The fraction of sp³-hybridized carbons (Fsp3) is 0.360. The largest absolute Gasteiger partial charge is 0.369 e. The number of carbonyl (C=O) groups excluding carboxylic acids is 2. The molecule has 0 aliphatic carbocycles. The zero-order chi connectivity index (χ0) is 24.1. The topological polar surface area (TPSA) is 109 Å². The zero-order valence-electron chi connectivity index (χ0n) is 19.3. The van der Waals surface area contributed by atoms with E-state index < -0.39 is 0 Å². The second-order valence-corrected chi connectivity index (χ2v) is 9.21.